The number of aromatic nitrogens is 2. The number of benzene rings is 2. The molecule has 118 valence electrons. The van der Waals surface area contributed by atoms with Crippen LogP contribution in [-0.2, 0) is 0 Å². The Hall–Kier alpha value is -2.79. The molecule has 0 aliphatic heterocycles. The van der Waals surface area contributed by atoms with Crippen LogP contribution in [0.4, 0.5) is 4.39 Å². The molecule has 4 aromatic rings. The number of thiophene rings is 1. The fourth-order valence-corrected chi connectivity index (χ4v) is 3.86. The Morgan fingerprint density at radius 1 is 1.00 bits per heavy atom. The monoisotopic (exact) mass is 336 g/mol. The van der Waals surface area contributed by atoms with E-state index in [1.807, 2.05) is 37.3 Å². The Labute approximate surface area is 141 Å². The molecular weight excluding hydrogens is 323 g/mol. The van der Waals surface area contributed by atoms with E-state index < -0.39 is 0 Å². The first kappa shape index (κ1) is 14.8. The molecule has 0 amide bonds. The molecule has 2 heterocycles. The molecule has 0 radical (unpaired) electrons. The second kappa shape index (κ2) is 5.69. The number of aryl methyl sites for hydroxylation is 1. The van der Waals surface area contributed by atoms with Crippen LogP contribution in [-0.4, -0.2) is 9.97 Å². The van der Waals surface area contributed by atoms with Gasteiger partial charge >= 0.3 is 0 Å². The van der Waals surface area contributed by atoms with E-state index in [0.717, 1.165) is 21.6 Å². The zero-order chi connectivity index (χ0) is 16.7. The Morgan fingerprint density at radius 3 is 2.42 bits per heavy atom. The number of aromatic amines is 1. The number of fused-ring (bicyclic) bond motifs is 1. The largest absolute Gasteiger partial charge is 0.306 e. The molecule has 0 spiro atoms. The van der Waals surface area contributed by atoms with Crippen molar-refractivity contribution in [2.24, 2.45) is 0 Å². The second-order valence-corrected chi connectivity index (χ2v) is 6.70. The lowest BCUT2D eigenvalue weighted by Crippen LogP contribution is -2.09. The predicted molar refractivity (Wildman–Crippen MR) is 95.8 cm³/mol. The van der Waals surface area contributed by atoms with Gasteiger partial charge in [-0.1, -0.05) is 42.5 Å². The van der Waals surface area contributed by atoms with Crippen LogP contribution in [0.3, 0.4) is 0 Å². The van der Waals surface area contributed by atoms with Crippen LogP contribution in [0.15, 0.2) is 59.4 Å². The number of hydrogen-bond acceptors (Lipinski definition) is 3. The van der Waals surface area contributed by atoms with Crippen molar-refractivity contribution in [3.8, 4) is 22.5 Å². The topological polar surface area (TPSA) is 45.8 Å². The first-order valence-electron chi connectivity index (χ1n) is 7.48. The minimum atomic E-state index is -0.297. The summed E-state index contributed by atoms with van der Waals surface area (Å²) >= 11 is 1.48. The molecule has 0 aliphatic rings. The van der Waals surface area contributed by atoms with E-state index in [1.165, 1.54) is 23.5 Å². The molecule has 24 heavy (non-hydrogen) atoms. The summed E-state index contributed by atoms with van der Waals surface area (Å²) in [4.78, 5) is 21.8. The molecule has 0 fully saturated rings. The minimum absolute atomic E-state index is 0.178. The van der Waals surface area contributed by atoms with E-state index in [0.29, 0.717) is 16.0 Å². The highest BCUT2D eigenvalue weighted by Crippen LogP contribution is 2.36. The number of halogens is 1. The normalized spacial score (nSPS) is 11.1. The van der Waals surface area contributed by atoms with Gasteiger partial charge in [-0.25, -0.2) is 9.37 Å². The lowest BCUT2D eigenvalue weighted by atomic mass is 10.0. The van der Waals surface area contributed by atoms with Gasteiger partial charge in [-0.3, -0.25) is 4.79 Å². The maximum Gasteiger partial charge on any atom is 0.260 e. The summed E-state index contributed by atoms with van der Waals surface area (Å²) < 4.78 is 13.2. The van der Waals surface area contributed by atoms with Gasteiger partial charge in [0, 0.05) is 16.0 Å². The van der Waals surface area contributed by atoms with Crippen molar-refractivity contribution < 1.29 is 4.39 Å². The van der Waals surface area contributed by atoms with Gasteiger partial charge in [0.2, 0.25) is 0 Å². The average molecular weight is 336 g/mol. The van der Waals surface area contributed by atoms with Crippen molar-refractivity contribution >= 4 is 21.6 Å². The fraction of sp³-hybridized carbons (Fsp3) is 0.0526. The molecule has 1 N–H and O–H groups in total. The molecule has 2 aromatic heterocycles. The minimum Gasteiger partial charge on any atom is -0.306 e. The highest BCUT2D eigenvalue weighted by Gasteiger charge is 2.17. The Bertz CT molecular complexity index is 1080. The smallest absolute Gasteiger partial charge is 0.260 e. The molecule has 0 aliphatic carbocycles. The van der Waals surface area contributed by atoms with Crippen LogP contribution in [0, 0.1) is 12.7 Å². The highest BCUT2D eigenvalue weighted by molar-refractivity contribution is 7.19. The van der Waals surface area contributed by atoms with Gasteiger partial charge in [-0.15, -0.1) is 11.3 Å². The summed E-state index contributed by atoms with van der Waals surface area (Å²) in [5.74, 6) is 0.259. The number of hydrogen-bond donors (Lipinski definition) is 1. The van der Waals surface area contributed by atoms with Crippen molar-refractivity contribution in [3.05, 3.63) is 75.6 Å². The van der Waals surface area contributed by atoms with E-state index in [-0.39, 0.29) is 11.4 Å². The van der Waals surface area contributed by atoms with Gasteiger partial charge in [-0.2, -0.15) is 0 Å². The molecule has 2 aromatic carbocycles. The Morgan fingerprint density at radius 2 is 1.71 bits per heavy atom. The first-order chi connectivity index (χ1) is 11.6. The summed E-state index contributed by atoms with van der Waals surface area (Å²) in [6.45, 7) is 1.95. The molecule has 0 saturated carbocycles. The molecule has 5 heteroatoms. The van der Waals surface area contributed by atoms with Crippen molar-refractivity contribution in [2.75, 3.05) is 0 Å². The number of nitrogens with one attached hydrogen (secondary N) is 1. The third-order valence-corrected chi connectivity index (χ3v) is 4.92. The quantitative estimate of drug-likeness (QED) is 0.573. The molecule has 0 bridgehead atoms. The molecule has 0 atom stereocenters. The summed E-state index contributed by atoms with van der Waals surface area (Å²) in [5.41, 5.74) is 2.33. The number of nitrogens with zero attached hydrogens (tertiary/aromatic N) is 1. The average Bonchev–Trinajstić information content (AvgIpc) is 2.93. The molecule has 3 nitrogen and oxygen atoms in total. The molecule has 4 rings (SSSR count). The zero-order valence-corrected chi connectivity index (χ0v) is 13.7. The Balaban J connectivity index is 1.97. The lowest BCUT2D eigenvalue weighted by molar-refractivity contribution is 0.628. The van der Waals surface area contributed by atoms with Crippen molar-refractivity contribution in [2.45, 2.75) is 6.92 Å². The van der Waals surface area contributed by atoms with Crippen LogP contribution in [0.25, 0.3) is 32.7 Å². The van der Waals surface area contributed by atoms with Crippen molar-refractivity contribution in [1.82, 2.24) is 9.97 Å². The third kappa shape index (κ3) is 2.43. The van der Waals surface area contributed by atoms with Crippen LogP contribution in [0.2, 0.25) is 0 Å². The zero-order valence-electron chi connectivity index (χ0n) is 12.8. The lowest BCUT2D eigenvalue weighted by Gasteiger charge is -2.03. The first-order valence-corrected chi connectivity index (χ1v) is 8.30. The third-order valence-electron chi connectivity index (χ3n) is 3.92. The van der Waals surface area contributed by atoms with Crippen molar-refractivity contribution in [3.63, 3.8) is 0 Å². The van der Waals surface area contributed by atoms with E-state index >= 15 is 0 Å². The van der Waals surface area contributed by atoms with Crippen LogP contribution in [0.1, 0.15) is 4.88 Å². The second-order valence-electron chi connectivity index (χ2n) is 5.50. The standard InChI is InChI=1S/C19H13FN2OS/c1-11-15(12-7-9-14(20)10-8-12)16-18(23)21-17(22-19(16)24-11)13-5-3-2-4-6-13/h2-10H,1H3,(H,21,22,23). The van der Waals surface area contributed by atoms with Crippen LogP contribution < -0.4 is 5.56 Å². The number of H-pyrrole nitrogens is 1. The van der Waals surface area contributed by atoms with Gasteiger partial charge in [0.15, 0.2) is 0 Å². The van der Waals surface area contributed by atoms with Crippen molar-refractivity contribution in [1.29, 1.82) is 0 Å². The molecule has 0 unspecified atom stereocenters. The SMILES string of the molecule is Cc1sc2nc(-c3ccccc3)[nH]c(=O)c2c1-c1ccc(F)cc1. The molecular formula is C19H13FN2OS. The molecule has 0 saturated heterocycles. The van der Waals surface area contributed by atoms with Gasteiger partial charge in [0.05, 0.1) is 5.39 Å². The van der Waals surface area contributed by atoms with E-state index in [9.17, 15) is 9.18 Å². The van der Waals surface area contributed by atoms with Gasteiger partial charge in [-0.05, 0) is 24.6 Å². The fourth-order valence-electron chi connectivity index (χ4n) is 2.82. The van der Waals surface area contributed by atoms with E-state index in [1.54, 1.807) is 12.1 Å². The summed E-state index contributed by atoms with van der Waals surface area (Å²) in [6.07, 6.45) is 0. The maximum atomic E-state index is 13.2. The maximum absolute atomic E-state index is 13.2. The van der Waals surface area contributed by atoms with Gasteiger partial charge < -0.3 is 4.98 Å². The Kier molecular flexibility index (Phi) is 3.50. The van der Waals surface area contributed by atoms with Crippen LogP contribution >= 0.6 is 11.3 Å². The van der Waals surface area contributed by atoms with Gasteiger partial charge in [0.25, 0.3) is 5.56 Å². The highest BCUT2D eigenvalue weighted by atomic mass is 32.1. The summed E-state index contributed by atoms with van der Waals surface area (Å²) in [7, 11) is 0. The van der Waals surface area contributed by atoms with E-state index in [2.05, 4.69) is 9.97 Å². The van der Waals surface area contributed by atoms with E-state index in [4.69, 9.17) is 0 Å². The summed E-state index contributed by atoms with van der Waals surface area (Å²) in [5, 5.41) is 0.559. The predicted octanol–water partition coefficient (Wildman–Crippen LogP) is 4.77. The van der Waals surface area contributed by atoms with Gasteiger partial charge in [0.1, 0.15) is 16.5 Å². The summed E-state index contributed by atoms with van der Waals surface area (Å²) in [6, 6.07) is 15.7. The van der Waals surface area contributed by atoms with Crippen LogP contribution in [0.5, 0.6) is 0 Å². The number of rotatable bonds is 2.